The Morgan fingerprint density at radius 2 is 2.00 bits per heavy atom. The maximum Gasteiger partial charge on any atom is 0.245 e. The van der Waals surface area contributed by atoms with Crippen LogP contribution in [0.1, 0.15) is 11.1 Å². The first-order chi connectivity index (χ1) is 9.63. The van der Waals surface area contributed by atoms with Crippen LogP contribution in [0.5, 0.6) is 5.75 Å². The summed E-state index contributed by atoms with van der Waals surface area (Å²) in [4.78, 5) is 10.7. The lowest BCUT2D eigenvalue weighted by atomic mass is 10.2. The van der Waals surface area contributed by atoms with Crippen molar-refractivity contribution in [3.63, 3.8) is 0 Å². The predicted molar refractivity (Wildman–Crippen MR) is 84.8 cm³/mol. The number of rotatable bonds is 5. The summed E-state index contributed by atoms with van der Waals surface area (Å²) in [6.07, 6.45) is 2.97. The van der Waals surface area contributed by atoms with Crippen molar-refractivity contribution in [1.82, 2.24) is 0 Å². The Morgan fingerprint density at radius 1 is 1.20 bits per heavy atom. The van der Waals surface area contributed by atoms with E-state index in [-0.39, 0.29) is 0 Å². The Bertz CT molecular complexity index is 638. The molecule has 2 aromatic carbocycles. The maximum absolute atomic E-state index is 10.7. The van der Waals surface area contributed by atoms with Crippen LogP contribution < -0.4 is 4.74 Å². The number of benzene rings is 2. The first-order valence-corrected chi connectivity index (χ1v) is 7.15. The van der Waals surface area contributed by atoms with Gasteiger partial charge in [-0.2, -0.15) is 0 Å². The molecule has 0 aromatic heterocycles. The molecule has 0 atom stereocenters. The lowest BCUT2D eigenvalue weighted by Crippen LogP contribution is -1.95. The van der Waals surface area contributed by atoms with E-state index >= 15 is 0 Å². The highest BCUT2D eigenvalue weighted by atomic mass is 79.9. The van der Waals surface area contributed by atoms with Gasteiger partial charge in [-0.15, -0.1) is 0 Å². The molecule has 0 radical (unpaired) electrons. The second-order valence-corrected chi connectivity index (χ2v) is 5.42. The van der Waals surface area contributed by atoms with Gasteiger partial charge in [-0.1, -0.05) is 46.3 Å². The van der Waals surface area contributed by atoms with Gasteiger partial charge in [0.25, 0.3) is 0 Å². The molecule has 20 heavy (non-hydrogen) atoms. The minimum Gasteiger partial charge on any atom is -0.489 e. The van der Waals surface area contributed by atoms with E-state index in [4.69, 9.17) is 16.3 Å². The third-order valence-corrected chi connectivity index (χ3v) is 3.18. The van der Waals surface area contributed by atoms with Crippen LogP contribution in [0.2, 0.25) is 0 Å². The second-order valence-electron chi connectivity index (χ2n) is 4.13. The van der Waals surface area contributed by atoms with Crippen molar-refractivity contribution in [2.24, 2.45) is 0 Å². The molecule has 0 heterocycles. The Hall–Kier alpha value is -1.58. The van der Waals surface area contributed by atoms with E-state index in [1.165, 1.54) is 6.08 Å². The summed E-state index contributed by atoms with van der Waals surface area (Å²) in [5.74, 6) is 0.745. The van der Waals surface area contributed by atoms with Crippen LogP contribution in [-0.2, 0) is 11.4 Å². The summed E-state index contributed by atoms with van der Waals surface area (Å²) >= 11 is 8.69. The minimum atomic E-state index is -0.495. The normalized spacial score (nSPS) is 10.7. The van der Waals surface area contributed by atoms with Crippen LogP contribution in [0, 0.1) is 0 Å². The van der Waals surface area contributed by atoms with E-state index < -0.39 is 5.24 Å². The zero-order chi connectivity index (χ0) is 14.4. The van der Waals surface area contributed by atoms with Gasteiger partial charge in [0, 0.05) is 4.47 Å². The molecule has 0 saturated carbocycles. The van der Waals surface area contributed by atoms with Crippen molar-refractivity contribution in [1.29, 1.82) is 0 Å². The second kappa shape index (κ2) is 7.27. The highest BCUT2D eigenvalue weighted by Crippen LogP contribution is 2.18. The number of halogens is 2. The SMILES string of the molecule is O=C(Cl)/C=C/c1cccc(OCc2cccc(Br)c2)c1. The van der Waals surface area contributed by atoms with Gasteiger partial charge in [0.15, 0.2) is 0 Å². The average molecular weight is 352 g/mol. The monoisotopic (exact) mass is 350 g/mol. The van der Waals surface area contributed by atoms with E-state index in [0.29, 0.717) is 6.61 Å². The first kappa shape index (κ1) is 14.8. The van der Waals surface area contributed by atoms with Crippen LogP contribution in [0.15, 0.2) is 59.1 Å². The minimum absolute atomic E-state index is 0.487. The third kappa shape index (κ3) is 4.83. The fraction of sp³-hybridized carbons (Fsp3) is 0.0625. The highest BCUT2D eigenvalue weighted by molar-refractivity contribution is 9.10. The first-order valence-electron chi connectivity index (χ1n) is 5.98. The molecule has 0 unspecified atom stereocenters. The van der Waals surface area contributed by atoms with Gasteiger partial charge in [0.2, 0.25) is 5.24 Å². The summed E-state index contributed by atoms with van der Waals surface area (Å²) < 4.78 is 6.75. The molecule has 0 aliphatic carbocycles. The van der Waals surface area contributed by atoms with Gasteiger partial charge >= 0.3 is 0 Å². The third-order valence-electron chi connectivity index (χ3n) is 2.56. The van der Waals surface area contributed by atoms with Crippen molar-refractivity contribution in [2.45, 2.75) is 6.61 Å². The summed E-state index contributed by atoms with van der Waals surface area (Å²) in [5, 5.41) is -0.495. The predicted octanol–water partition coefficient (Wildman–Crippen LogP) is 4.81. The van der Waals surface area contributed by atoms with E-state index in [1.54, 1.807) is 6.08 Å². The van der Waals surface area contributed by atoms with Gasteiger partial charge in [-0.05, 0) is 53.1 Å². The molecule has 0 bridgehead atoms. The smallest absolute Gasteiger partial charge is 0.245 e. The molecule has 0 saturated heterocycles. The summed E-state index contributed by atoms with van der Waals surface area (Å²) in [6, 6.07) is 15.4. The molecule has 0 spiro atoms. The quantitative estimate of drug-likeness (QED) is 0.571. The number of hydrogen-bond donors (Lipinski definition) is 0. The van der Waals surface area contributed by atoms with Crippen LogP contribution in [0.25, 0.3) is 6.08 Å². The summed E-state index contributed by atoms with van der Waals surface area (Å²) in [7, 11) is 0. The molecule has 0 fully saturated rings. The molecule has 4 heteroatoms. The molecule has 2 aromatic rings. The van der Waals surface area contributed by atoms with Gasteiger partial charge < -0.3 is 4.74 Å². The molecule has 2 rings (SSSR count). The Kier molecular flexibility index (Phi) is 5.39. The zero-order valence-corrected chi connectivity index (χ0v) is 12.9. The average Bonchev–Trinajstić information content (AvgIpc) is 2.43. The van der Waals surface area contributed by atoms with Crippen LogP contribution in [-0.4, -0.2) is 5.24 Å². The van der Waals surface area contributed by atoms with Gasteiger partial charge in [0.05, 0.1) is 0 Å². The summed E-state index contributed by atoms with van der Waals surface area (Å²) in [5.41, 5.74) is 1.95. The van der Waals surface area contributed by atoms with Crippen LogP contribution in [0.4, 0.5) is 0 Å². The molecule has 0 aliphatic heterocycles. The van der Waals surface area contributed by atoms with E-state index in [0.717, 1.165) is 21.3 Å². The lowest BCUT2D eigenvalue weighted by molar-refractivity contribution is -0.107. The highest BCUT2D eigenvalue weighted by Gasteiger charge is 1.98. The fourth-order valence-electron chi connectivity index (χ4n) is 1.66. The molecule has 102 valence electrons. The number of carbonyl (C=O) groups is 1. The Morgan fingerprint density at radius 3 is 2.75 bits per heavy atom. The van der Waals surface area contributed by atoms with Crippen LogP contribution >= 0.6 is 27.5 Å². The van der Waals surface area contributed by atoms with Crippen molar-refractivity contribution in [2.75, 3.05) is 0 Å². The van der Waals surface area contributed by atoms with Crippen molar-refractivity contribution >= 4 is 38.8 Å². The van der Waals surface area contributed by atoms with Gasteiger partial charge in [-0.25, -0.2) is 0 Å². The number of ether oxygens (including phenoxy) is 1. The molecular formula is C16H12BrClO2. The summed E-state index contributed by atoms with van der Waals surface area (Å²) in [6.45, 7) is 0.487. The topological polar surface area (TPSA) is 26.3 Å². The van der Waals surface area contributed by atoms with E-state index in [1.807, 2.05) is 48.5 Å². The van der Waals surface area contributed by atoms with Crippen molar-refractivity contribution in [3.05, 3.63) is 70.2 Å². The van der Waals surface area contributed by atoms with Gasteiger partial charge in [0.1, 0.15) is 12.4 Å². The Labute approximate surface area is 131 Å². The van der Waals surface area contributed by atoms with Crippen LogP contribution in [0.3, 0.4) is 0 Å². The number of carbonyl (C=O) groups excluding carboxylic acids is 1. The molecule has 2 nitrogen and oxygen atoms in total. The largest absolute Gasteiger partial charge is 0.489 e. The zero-order valence-electron chi connectivity index (χ0n) is 10.6. The van der Waals surface area contributed by atoms with Crippen molar-refractivity contribution < 1.29 is 9.53 Å². The standard InChI is InChI=1S/C16H12BrClO2/c17-14-5-1-4-13(9-14)11-20-15-6-2-3-12(10-15)7-8-16(18)19/h1-10H,11H2/b8-7+. The number of allylic oxidation sites excluding steroid dienone is 1. The van der Waals surface area contributed by atoms with Gasteiger partial charge in [-0.3, -0.25) is 4.79 Å². The molecule has 0 aliphatic rings. The van der Waals surface area contributed by atoms with E-state index in [9.17, 15) is 4.79 Å². The molecule has 0 amide bonds. The fourth-order valence-corrected chi connectivity index (χ4v) is 2.17. The van der Waals surface area contributed by atoms with E-state index in [2.05, 4.69) is 15.9 Å². The van der Waals surface area contributed by atoms with Crippen molar-refractivity contribution in [3.8, 4) is 5.75 Å². The Balaban J connectivity index is 2.03. The molecule has 0 N–H and O–H groups in total. The number of hydrogen-bond acceptors (Lipinski definition) is 2. The lowest BCUT2D eigenvalue weighted by Gasteiger charge is -2.07. The molecular weight excluding hydrogens is 340 g/mol. The maximum atomic E-state index is 10.7.